The molecule has 1 unspecified atom stereocenters. The molecule has 2 rings (SSSR count). The summed E-state index contributed by atoms with van der Waals surface area (Å²) in [5.41, 5.74) is 0. The van der Waals surface area contributed by atoms with E-state index in [1.165, 1.54) is 0 Å². The molecule has 1 atom stereocenters. The molecule has 0 N–H and O–H groups in total. The molecule has 0 aromatic carbocycles. The second kappa shape index (κ2) is 4.07. The van der Waals surface area contributed by atoms with Gasteiger partial charge in [-0.25, -0.2) is 0 Å². The standard InChI is InChI=1S/C9H15NO3/c11-9-8(1-4-13-9)7-10-2-5-12-6-3-10/h8H,1-7H2. The van der Waals surface area contributed by atoms with Crippen molar-refractivity contribution in [2.45, 2.75) is 6.42 Å². The van der Waals surface area contributed by atoms with Crippen molar-refractivity contribution >= 4 is 5.97 Å². The number of hydrogen-bond acceptors (Lipinski definition) is 4. The van der Waals surface area contributed by atoms with Crippen molar-refractivity contribution in [2.24, 2.45) is 5.92 Å². The van der Waals surface area contributed by atoms with Gasteiger partial charge in [0.05, 0.1) is 25.7 Å². The van der Waals surface area contributed by atoms with Crippen LogP contribution in [0, 0.1) is 5.92 Å². The van der Waals surface area contributed by atoms with Crippen molar-refractivity contribution in [3.05, 3.63) is 0 Å². The average molecular weight is 185 g/mol. The van der Waals surface area contributed by atoms with Crippen LogP contribution < -0.4 is 0 Å². The lowest BCUT2D eigenvalue weighted by atomic mass is 10.1. The summed E-state index contributed by atoms with van der Waals surface area (Å²) in [4.78, 5) is 13.4. The van der Waals surface area contributed by atoms with Gasteiger partial charge in [-0.3, -0.25) is 9.69 Å². The van der Waals surface area contributed by atoms with Crippen LogP contribution in [-0.4, -0.2) is 50.3 Å². The summed E-state index contributed by atoms with van der Waals surface area (Å²) < 4.78 is 10.1. The van der Waals surface area contributed by atoms with Crippen molar-refractivity contribution in [3.8, 4) is 0 Å². The van der Waals surface area contributed by atoms with Crippen LogP contribution in [0.2, 0.25) is 0 Å². The predicted molar refractivity (Wildman–Crippen MR) is 46.3 cm³/mol. The predicted octanol–water partition coefficient (Wildman–Crippen LogP) is -0.118. The Bertz CT molecular complexity index is 189. The van der Waals surface area contributed by atoms with Crippen molar-refractivity contribution in [1.82, 2.24) is 4.90 Å². The van der Waals surface area contributed by atoms with Gasteiger partial charge < -0.3 is 9.47 Å². The number of morpholine rings is 1. The van der Waals surface area contributed by atoms with Gasteiger partial charge in [0.15, 0.2) is 0 Å². The number of nitrogens with zero attached hydrogens (tertiary/aromatic N) is 1. The highest BCUT2D eigenvalue weighted by atomic mass is 16.5. The van der Waals surface area contributed by atoms with Crippen LogP contribution in [0.25, 0.3) is 0 Å². The summed E-state index contributed by atoms with van der Waals surface area (Å²) in [5, 5.41) is 0. The molecule has 4 heteroatoms. The van der Waals surface area contributed by atoms with Crippen LogP contribution in [0.4, 0.5) is 0 Å². The lowest BCUT2D eigenvalue weighted by Gasteiger charge is -2.27. The molecule has 13 heavy (non-hydrogen) atoms. The molecule has 0 aliphatic carbocycles. The zero-order valence-electron chi connectivity index (χ0n) is 7.70. The summed E-state index contributed by atoms with van der Waals surface area (Å²) in [6.45, 7) is 4.94. The molecular weight excluding hydrogens is 170 g/mol. The molecule has 2 heterocycles. The molecule has 0 spiro atoms. The number of carbonyl (C=O) groups is 1. The van der Waals surface area contributed by atoms with E-state index in [4.69, 9.17) is 9.47 Å². The maximum absolute atomic E-state index is 11.2. The third-order valence-corrected chi connectivity index (χ3v) is 2.63. The number of ether oxygens (including phenoxy) is 2. The molecule has 0 radical (unpaired) electrons. The van der Waals surface area contributed by atoms with Gasteiger partial charge in [-0.15, -0.1) is 0 Å². The summed E-state index contributed by atoms with van der Waals surface area (Å²) in [6.07, 6.45) is 0.885. The minimum atomic E-state index is -0.0218. The average Bonchev–Trinajstić information content (AvgIpc) is 2.54. The molecular formula is C9H15NO3. The first-order valence-corrected chi connectivity index (χ1v) is 4.83. The molecule has 2 saturated heterocycles. The van der Waals surface area contributed by atoms with Crippen molar-refractivity contribution < 1.29 is 14.3 Å². The molecule has 2 aliphatic heterocycles. The minimum absolute atomic E-state index is 0.0218. The molecule has 2 fully saturated rings. The number of esters is 1. The third kappa shape index (κ3) is 2.19. The summed E-state index contributed by atoms with van der Waals surface area (Å²) >= 11 is 0. The topological polar surface area (TPSA) is 38.8 Å². The summed E-state index contributed by atoms with van der Waals surface area (Å²) in [7, 11) is 0. The molecule has 0 saturated carbocycles. The zero-order chi connectivity index (χ0) is 9.10. The first kappa shape index (κ1) is 8.97. The van der Waals surface area contributed by atoms with Crippen molar-refractivity contribution in [2.75, 3.05) is 39.5 Å². The molecule has 0 bridgehead atoms. The van der Waals surface area contributed by atoms with Gasteiger partial charge in [0.1, 0.15) is 0 Å². The monoisotopic (exact) mass is 185 g/mol. The van der Waals surface area contributed by atoms with E-state index in [-0.39, 0.29) is 11.9 Å². The zero-order valence-corrected chi connectivity index (χ0v) is 7.70. The Balaban J connectivity index is 1.79. The quantitative estimate of drug-likeness (QED) is 0.562. The van der Waals surface area contributed by atoms with E-state index < -0.39 is 0 Å². The first-order valence-electron chi connectivity index (χ1n) is 4.83. The SMILES string of the molecule is O=C1OCCC1CN1CCOCC1. The summed E-state index contributed by atoms with van der Waals surface area (Å²) in [5.74, 6) is 0.0876. The maximum atomic E-state index is 11.2. The van der Waals surface area contributed by atoms with Gasteiger partial charge in [0, 0.05) is 19.6 Å². The highest BCUT2D eigenvalue weighted by Crippen LogP contribution is 2.16. The summed E-state index contributed by atoms with van der Waals surface area (Å²) in [6, 6.07) is 0. The van der Waals surface area contributed by atoms with E-state index in [1.54, 1.807) is 0 Å². The second-order valence-electron chi connectivity index (χ2n) is 3.57. The number of hydrogen-bond donors (Lipinski definition) is 0. The first-order chi connectivity index (χ1) is 6.36. The van der Waals surface area contributed by atoms with E-state index >= 15 is 0 Å². The lowest BCUT2D eigenvalue weighted by molar-refractivity contribution is -0.142. The lowest BCUT2D eigenvalue weighted by Crippen LogP contribution is -2.40. The highest BCUT2D eigenvalue weighted by Gasteiger charge is 2.28. The van der Waals surface area contributed by atoms with Crippen LogP contribution in [0.1, 0.15) is 6.42 Å². The fourth-order valence-corrected chi connectivity index (χ4v) is 1.80. The number of carbonyl (C=O) groups excluding carboxylic acids is 1. The van der Waals surface area contributed by atoms with Crippen LogP contribution >= 0.6 is 0 Å². The van der Waals surface area contributed by atoms with E-state index in [9.17, 15) is 4.79 Å². The van der Waals surface area contributed by atoms with E-state index in [0.29, 0.717) is 6.61 Å². The third-order valence-electron chi connectivity index (χ3n) is 2.63. The molecule has 74 valence electrons. The van der Waals surface area contributed by atoms with Gasteiger partial charge in [0.25, 0.3) is 0 Å². The van der Waals surface area contributed by atoms with Crippen molar-refractivity contribution in [1.29, 1.82) is 0 Å². The normalized spacial score (nSPS) is 30.5. The molecule has 0 aromatic rings. The number of rotatable bonds is 2. The van der Waals surface area contributed by atoms with Gasteiger partial charge in [-0.05, 0) is 6.42 Å². The van der Waals surface area contributed by atoms with E-state index in [1.807, 2.05) is 0 Å². The van der Waals surface area contributed by atoms with Gasteiger partial charge in [-0.1, -0.05) is 0 Å². The Morgan fingerprint density at radius 3 is 2.69 bits per heavy atom. The van der Waals surface area contributed by atoms with Crippen LogP contribution in [-0.2, 0) is 14.3 Å². The fraction of sp³-hybridized carbons (Fsp3) is 0.889. The Morgan fingerprint density at radius 2 is 2.08 bits per heavy atom. The Labute approximate surface area is 77.8 Å². The smallest absolute Gasteiger partial charge is 0.310 e. The largest absolute Gasteiger partial charge is 0.465 e. The molecule has 2 aliphatic rings. The number of cyclic esters (lactones) is 1. The van der Waals surface area contributed by atoms with E-state index in [2.05, 4.69) is 4.90 Å². The van der Waals surface area contributed by atoms with Gasteiger partial charge in [0.2, 0.25) is 0 Å². The van der Waals surface area contributed by atoms with Crippen LogP contribution in [0.5, 0.6) is 0 Å². The Hall–Kier alpha value is -0.610. The van der Waals surface area contributed by atoms with Crippen LogP contribution in [0.15, 0.2) is 0 Å². The molecule has 4 nitrogen and oxygen atoms in total. The maximum Gasteiger partial charge on any atom is 0.310 e. The molecule has 0 aromatic heterocycles. The fourth-order valence-electron chi connectivity index (χ4n) is 1.80. The van der Waals surface area contributed by atoms with Gasteiger partial charge in [-0.2, -0.15) is 0 Å². The Morgan fingerprint density at radius 1 is 1.31 bits per heavy atom. The Kier molecular flexibility index (Phi) is 2.80. The highest BCUT2D eigenvalue weighted by molar-refractivity contribution is 5.74. The van der Waals surface area contributed by atoms with Crippen LogP contribution in [0.3, 0.4) is 0 Å². The second-order valence-corrected chi connectivity index (χ2v) is 3.57. The minimum Gasteiger partial charge on any atom is -0.465 e. The van der Waals surface area contributed by atoms with Gasteiger partial charge >= 0.3 is 5.97 Å². The van der Waals surface area contributed by atoms with E-state index in [0.717, 1.165) is 39.3 Å². The van der Waals surface area contributed by atoms with Crippen molar-refractivity contribution in [3.63, 3.8) is 0 Å². The molecule has 0 amide bonds.